The molecule has 0 aliphatic heterocycles. The highest BCUT2D eigenvalue weighted by atomic mass is 16.5. The Morgan fingerprint density at radius 2 is 1.83 bits per heavy atom. The van der Waals surface area contributed by atoms with Gasteiger partial charge in [-0.2, -0.15) is 4.98 Å². The number of carbonyl (C=O) groups excluding carboxylic acids is 1. The standard InChI is InChI=1S/C22H23N5O2/c23-22-26-19(15-6-8-16(9-7-15)21(28)25-17-10-11-17)14-20(27-22)24-12-13-29-18-4-2-1-3-5-18/h1-9,14,17H,10-13H2,(H,25,28)(H3,23,24,26,27). The summed E-state index contributed by atoms with van der Waals surface area (Å²) in [4.78, 5) is 20.7. The number of nitrogens with one attached hydrogen (secondary N) is 2. The Hall–Kier alpha value is -3.61. The number of ether oxygens (including phenoxy) is 1. The van der Waals surface area contributed by atoms with Crippen LogP contribution in [0.25, 0.3) is 11.3 Å². The molecule has 0 atom stereocenters. The maximum Gasteiger partial charge on any atom is 0.251 e. The average Bonchev–Trinajstić information content (AvgIpc) is 3.56. The number of hydrogen-bond acceptors (Lipinski definition) is 6. The third-order valence-electron chi connectivity index (χ3n) is 4.52. The van der Waals surface area contributed by atoms with Crippen LogP contribution in [0.5, 0.6) is 5.75 Å². The first-order valence-electron chi connectivity index (χ1n) is 9.65. The van der Waals surface area contributed by atoms with Crippen molar-refractivity contribution in [2.45, 2.75) is 18.9 Å². The van der Waals surface area contributed by atoms with Crippen LogP contribution in [0.4, 0.5) is 11.8 Å². The third-order valence-corrected chi connectivity index (χ3v) is 4.52. The molecule has 4 N–H and O–H groups in total. The van der Waals surface area contributed by atoms with Crippen LogP contribution in [-0.4, -0.2) is 35.1 Å². The highest BCUT2D eigenvalue weighted by molar-refractivity contribution is 5.95. The van der Waals surface area contributed by atoms with Gasteiger partial charge in [0, 0.05) is 23.2 Å². The fourth-order valence-electron chi connectivity index (χ4n) is 2.86. The van der Waals surface area contributed by atoms with Gasteiger partial charge in [-0.3, -0.25) is 4.79 Å². The minimum atomic E-state index is -0.0398. The molecule has 4 rings (SSSR count). The molecule has 7 nitrogen and oxygen atoms in total. The summed E-state index contributed by atoms with van der Waals surface area (Å²) in [5.74, 6) is 1.59. The van der Waals surface area contributed by atoms with Crippen LogP contribution in [-0.2, 0) is 0 Å². The minimum absolute atomic E-state index is 0.0398. The van der Waals surface area contributed by atoms with Crippen LogP contribution in [0.3, 0.4) is 0 Å². The third kappa shape index (κ3) is 5.22. The van der Waals surface area contributed by atoms with Gasteiger partial charge in [0.05, 0.1) is 12.2 Å². The quantitative estimate of drug-likeness (QED) is 0.512. The highest BCUT2D eigenvalue weighted by Gasteiger charge is 2.23. The number of carbonyl (C=O) groups is 1. The Morgan fingerprint density at radius 1 is 1.07 bits per heavy atom. The summed E-state index contributed by atoms with van der Waals surface area (Å²) < 4.78 is 5.67. The summed E-state index contributed by atoms with van der Waals surface area (Å²) in [6.45, 7) is 1.07. The molecule has 0 bridgehead atoms. The highest BCUT2D eigenvalue weighted by Crippen LogP contribution is 2.22. The number of nitrogen functional groups attached to an aromatic ring is 1. The first kappa shape index (κ1) is 18.7. The second-order valence-electron chi connectivity index (χ2n) is 6.91. The minimum Gasteiger partial charge on any atom is -0.492 e. The van der Waals surface area contributed by atoms with Gasteiger partial charge in [-0.25, -0.2) is 4.98 Å². The molecule has 1 heterocycles. The van der Waals surface area contributed by atoms with E-state index in [2.05, 4.69) is 20.6 Å². The first-order chi connectivity index (χ1) is 14.2. The molecule has 1 aliphatic rings. The Kier molecular flexibility index (Phi) is 5.56. The lowest BCUT2D eigenvalue weighted by molar-refractivity contribution is 0.0951. The molecule has 1 aromatic heterocycles. The van der Waals surface area contributed by atoms with Gasteiger partial charge in [-0.1, -0.05) is 30.3 Å². The van der Waals surface area contributed by atoms with Crippen molar-refractivity contribution in [3.63, 3.8) is 0 Å². The van der Waals surface area contributed by atoms with Crippen molar-refractivity contribution in [3.8, 4) is 17.0 Å². The van der Waals surface area contributed by atoms with E-state index in [1.165, 1.54) is 0 Å². The van der Waals surface area contributed by atoms with Gasteiger partial charge in [-0.15, -0.1) is 0 Å². The molecule has 29 heavy (non-hydrogen) atoms. The lowest BCUT2D eigenvalue weighted by Crippen LogP contribution is -2.25. The van der Waals surface area contributed by atoms with Crippen LogP contribution < -0.4 is 21.1 Å². The number of aromatic nitrogens is 2. The second kappa shape index (κ2) is 8.60. The molecule has 1 saturated carbocycles. The fourth-order valence-corrected chi connectivity index (χ4v) is 2.86. The van der Waals surface area contributed by atoms with Crippen molar-refractivity contribution in [1.82, 2.24) is 15.3 Å². The van der Waals surface area contributed by atoms with E-state index in [0.717, 1.165) is 24.2 Å². The van der Waals surface area contributed by atoms with E-state index >= 15 is 0 Å². The van der Waals surface area contributed by atoms with Gasteiger partial charge in [0.25, 0.3) is 5.91 Å². The van der Waals surface area contributed by atoms with Gasteiger partial charge in [0.15, 0.2) is 0 Å². The van der Waals surface area contributed by atoms with Gasteiger partial charge in [0.1, 0.15) is 18.2 Å². The smallest absolute Gasteiger partial charge is 0.251 e. The first-order valence-corrected chi connectivity index (χ1v) is 9.65. The number of nitrogens with zero attached hydrogens (tertiary/aromatic N) is 2. The molecule has 0 radical (unpaired) electrons. The van der Waals surface area contributed by atoms with E-state index in [-0.39, 0.29) is 11.9 Å². The number of nitrogens with two attached hydrogens (primary N) is 1. The van der Waals surface area contributed by atoms with Crippen LogP contribution in [0.2, 0.25) is 0 Å². The maximum absolute atomic E-state index is 12.1. The fraction of sp³-hybridized carbons (Fsp3) is 0.227. The second-order valence-corrected chi connectivity index (χ2v) is 6.91. The van der Waals surface area contributed by atoms with Crippen molar-refractivity contribution in [1.29, 1.82) is 0 Å². The molecular formula is C22H23N5O2. The van der Waals surface area contributed by atoms with E-state index in [0.29, 0.717) is 36.3 Å². The van der Waals surface area contributed by atoms with E-state index in [9.17, 15) is 4.79 Å². The molecule has 148 valence electrons. The lowest BCUT2D eigenvalue weighted by atomic mass is 10.1. The van der Waals surface area contributed by atoms with Gasteiger partial charge in [0.2, 0.25) is 5.95 Å². The molecule has 2 aromatic carbocycles. The van der Waals surface area contributed by atoms with E-state index in [1.807, 2.05) is 48.5 Å². The van der Waals surface area contributed by atoms with Crippen LogP contribution in [0.15, 0.2) is 60.7 Å². The predicted molar refractivity (Wildman–Crippen MR) is 113 cm³/mol. The topological polar surface area (TPSA) is 102 Å². The van der Waals surface area contributed by atoms with Gasteiger partial charge >= 0.3 is 0 Å². The van der Waals surface area contributed by atoms with Gasteiger partial charge < -0.3 is 21.1 Å². The van der Waals surface area contributed by atoms with Crippen LogP contribution in [0, 0.1) is 0 Å². The summed E-state index contributed by atoms with van der Waals surface area (Å²) in [5.41, 5.74) is 8.07. The number of benzene rings is 2. The van der Waals surface area contributed by atoms with Crippen molar-refractivity contribution < 1.29 is 9.53 Å². The summed E-state index contributed by atoms with van der Waals surface area (Å²) in [6.07, 6.45) is 2.13. The largest absolute Gasteiger partial charge is 0.492 e. The average molecular weight is 389 g/mol. The summed E-state index contributed by atoms with van der Waals surface area (Å²) in [7, 11) is 0. The number of hydrogen-bond donors (Lipinski definition) is 3. The molecule has 0 saturated heterocycles. The van der Waals surface area contributed by atoms with Crippen LogP contribution >= 0.6 is 0 Å². The molecule has 1 amide bonds. The van der Waals surface area contributed by atoms with E-state index in [1.54, 1.807) is 12.1 Å². The number of rotatable bonds is 8. The zero-order chi connectivity index (χ0) is 20.1. The normalized spacial score (nSPS) is 13.0. The Labute approximate surface area is 169 Å². The van der Waals surface area contributed by atoms with Gasteiger partial charge in [-0.05, 0) is 37.1 Å². The molecule has 0 unspecified atom stereocenters. The predicted octanol–water partition coefficient (Wildman–Crippen LogP) is 3.11. The van der Waals surface area contributed by atoms with Crippen molar-refractivity contribution in [3.05, 3.63) is 66.2 Å². The molecule has 1 aliphatic carbocycles. The van der Waals surface area contributed by atoms with Crippen molar-refractivity contribution >= 4 is 17.7 Å². The van der Waals surface area contributed by atoms with Crippen molar-refractivity contribution in [2.75, 3.05) is 24.2 Å². The summed E-state index contributed by atoms with van der Waals surface area (Å²) in [6, 6.07) is 19.1. The molecule has 3 aromatic rings. The summed E-state index contributed by atoms with van der Waals surface area (Å²) >= 11 is 0. The van der Waals surface area contributed by atoms with E-state index in [4.69, 9.17) is 10.5 Å². The summed E-state index contributed by atoms with van der Waals surface area (Å²) in [5, 5.41) is 6.19. The molecule has 7 heteroatoms. The maximum atomic E-state index is 12.1. The number of para-hydroxylation sites is 1. The molecular weight excluding hydrogens is 366 g/mol. The Balaban J connectivity index is 1.37. The lowest BCUT2D eigenvalue weighted by Gasteiger charge is -2.10. The Morgan fingerprint density at radius 3 is 2.55 bits per heavy atom. The SMILES string of the molecule is Nc1nc(NCCOc2ccccc2)cc(-c2ccc(C(=O)NC3CC3)cc2)n1. The Bertz CT molecular complexity index is 972. The monoisotopic (exact) mass is 389 g/mol. The van der Waals surface area contributed by atoms with E-state index < -0.39 is 0 Å². The zero-order valence-corrected chi connectivity index (χ0v) is 16.0. The molecule has 0 spiro atoms. The van der Waals surface area contributed by atoms with Crippen LogP contribution in [0.1, 0.15) is 23.2 Å². The number of anilines is 2. The zero-order valence-electron chi connectivity index (χ0n) is 16.0. The molecule has 1 fully saturated rings. The number of amides is 1. The van der Waals surface area contributed by atoms with Crippen molar-refractivity contribution in [2.24, 2.45) is 0 Å².